The fourth-order valence-corrected chi connectivity index (χ4v) is 5.94. The molecule has 0 heterocycles. The van der Waals surface area contributed by atoms with E-state index in [9.17, 15) is 18.3 Å². The lowest BCUT2D eigenvalue weighted by Gasteiger charge is -2.40. The van der Waals surface area contributed by atoms with E-state index in [0.717, 1.165) is 28.4 Å². The molecule has 150 valence electrons. The van der Waals surface area contributed by atoms with Gasteiger partial charge in [-0.25, -0.2) is 8.42 Å². The predicted octanol–water partition coefficient (Wildman–Crippen LogP) is 3.45. The van der Waals surface area contributed by atoms with Gasteiger partial charge in [-0.1, -0.05) is 53.0 Å². The normalized spacial score (nSPS) is 16.4. The molecule has 28 heavy (non-hydrogen) atoms. The number of nitrogens with two attached hydrogens (primary N) is 1. The average Bonchev–Trinajstić information content (AvgIpc) is 3.17. The molecule has 1 saturated carbocycles. The minimum Gasteiger partial charge on any atom is -0.480 e. The molecule has 6 nitrogen and oxygen atoms in total. The van der Waals surface area contributed by atoms with Crippen LogP contribution in [0.3, 0.4) is 0 Å². The standard InChI is InChI=1S/C20H23BrN2O4S/c21-17-7-5-16(6-8-17)20(11-1-2-12-20)23(14-19(24)25)28(26,27)18-9-3-15(13-22)4-10-18/h3-10H,1-2,11-14,22H2,(H,24,25). The Labute approximate surface area is 173 Å². The molecule has 0 amide bonds. The number of halogens is 1. The molecule has 0 radical (unpaired) electrons. The first-order chi connectivity index (χ1) is 13.3. The van der Waals surface area contributed by atoms with Crippen molar-refractivity contribution in [1.82, 2.24) is 4.31 Å². The van der Waals surface area contributed by atoms with E-state index in [1.54, 1.807) is 12.1 Å². The first-order valence-corrected chi connectivity index (χ1v) is 11.3. The summed E-state index contributed by atoms with van der Waals surface area (Å²) in [6.45, 7) is -0.279. The summed E-state index contributed by atoms with van der Waals surface area (Å²) in [6, 6.07) is 13.8. The molecule has 0 unspecified atom stereocenters. The van der Waals surface area contributed by atoms with Crippen LogP contribution >= 0.6 is 15.9 Å². The van der Waals surface area contributed by atoms with E-state index in [0.29, 0.717) is 19.4 Å². The quantitative estimate of drug-likeness (QED) is 0.650. The third-order valence-electron chi connectivity index (χ3n) is 5.32. The Kier molecular flexibility index (Phi) is 6.24. The molecule has 2 aromatic rings. The smallest absolute Gasteiger partial charge is 0.318 e. The second-order valence-corrected chi connectivity index (χ2v) is 9.78. The largest absolute Gasteiger partial charge is 0.480 e. The van der Waals surface area contributed by atoms with Crippen molar-refractivity contribution >= 4 is 31.9 Å². The van der Waals surface area contributed by atoms with Gasteiger partial charge in [0.15, 0.2) is 0 Å². The van der Waals surface area contributed by atoms with Crippen molar-refractivity contribution in [3.8, 4) is 0 Å². The number of hydrogen-bond acceptors (Lipinski definition) is 4. The summed E-state index contributed by atoms with van der Waals surface area (Å²) in [4.78, 5) is 11.7. The molecule has 0 atom stereocenters. The third kappa shape index (κ3) is 4.00. The second kappa shape index (κ2) is 8.32. The highest BCUT2D eigenvalue weighted by Gasteiger charge is 2.48. The summed E-state index contributed by atoms with van der Waals surface area (Å²) in [6.07, 6.45) is 2.85. The van der Waals surface area contributed by atoms with E-state index in [1.165, 1.54) is 16.4 Å². The van der Waals surface area contributed by atoms with Crippen molar-refractivity contribution in [2.24, 2.45) is 5.73 Å². The van der Waals surface area contributed by atoms with E-state index >= 15 is 0 Å². The van der Waals surface area contributed by atoms with Crippen molar-refractivity contribution in [2.45, 2.75) is 42.7 Å². The van der Waals surface area contributed by atoms with Gasteiger partial charge in [-0.05, 0) is 48.2 Å². The van der Waals surface area contributed by atoms with Crippen LogP contribution in [0.25, 0.3) is 0 Å². The Bertz CT molecular complexity index is 937. The molecule has 1 fully saturated rings. The van der Waals surface area contributed by atoms with Gasteiger partial charge in [-0.3, -0.25) is 4.79 Å². The highest BCUT2D eigenvalue weighted by atomic mass is 79.9. The molecule has 0 aromatic heterocycles. The molecular formula is C20H23BrN2O4S. The zero-order valence-corrected chi connectivity index (χ0v) is 17.7. The van der Waals surface area contributed by atoms with Crippen molar-refractivity contribution in [2.75, 3.05) is 6.54 Å². The minimum absolute atomic E-state index is 0.0781. The van der Waals surface area contributed by atoms with Crippen LogP contribution in [0.5, 0.6) is 0 Å². The summed E-state index contributed by atoms with van der Waals surface area (Å²) in [5.41, 5.74) is 6.36. The van der Waals surface area contributed by atoms with Gasteiger partial charge < -0.3 is 10.8 Å². The van der Waals surface area contributed by atoms with E-state index in [4.69, 9.17) is 5.73 Å². The number of carbonyl (C=O) groups is 1. The number of carboxylic acids is 1. The van der Waals surface area contributed by atoms with Crippen molar-refractivity contribution in [3.63, 3.8) is 0 Å². The van der Waals surface area contributed by atoms with Gasteiger partial charge in [0.05, 0.1) is 10.4 Å². The second-order valence-electron chi connectivity index (χ2n) is 7.00. The van der Waals surface area contributed by atoms with Crippen LogP contribution in [0.1, 0.15) is 36.8 Å². The Morgan fingerprint density at radius 2 is 1.64 bits per heavy atom. The Morgan fingerprint density at radius 3 is 2.14 bits per heavy atom. The van der Waals surface area contributed by atoms with Crippen LogP contribution < -0.4 is 5.73 Å². The van der Waals surface area contributed by atoms with Crippen LogP contribution in [0.4, 0.5) is 0 Å². The molecular weight excluding hydrogens is 444 g/mol. The number of nitrogens with zero attached hydrogens (tertiary/aromatic N) is 1. The van der Waals surface area contributed by atoms with E-state index < -0.39 is 28.1 Å². The Hall–Kier alpha value is -1.74. The van der Waals surface area contributed by atoms with Crippen molar-refractivity contribution in [3.05, 3.63) is 64.1 Å². The molecule has 3 N–H and O–H groups in total. The SMILES string of the molecule is NCc1ccc(S(=O)(=O)N(CC(=O)O)C2(c3ccc(Br)cc3)CCCC2)cc1. The maximum absolute atomic E-state index is 13.5. The number of benzene rings is 2. The van der Waals surface area contributed by atoms with Crippen LogP contribution in [0, 0.1) is 0 Å². The average molecular weight is 467 g/mol. The van der Waals surface area contributed by atoms with Crippen LogP contribution in [0.15, 0.2) is 57.9 Å². The number of aliphatic carboxylic acids is 1. The molecule has 0 spiro atoms. The van der Waals surface area contributed by atoms with Gasteiger partial charge in [-0.2, -0.15) is 4.31 Å². The summed E-state index contributed by atoms with van der Waals surface area (Å²) < 4.78 is 29.1. The highest BCUT2D eigenvalue weighted by molar-refractivity contribution is 9.10. The fraction of sp³-hybridized carbons (Fsp3) is 0.350. The Morgan fingerprint density at radius 1 is 1.07 bits per heavy atom. The summed E-state index contributed by atoms with van der Waals surface area (Å²) in [5.74, 6) is -1.18. The van der Waals surface area contributed by atoms with Crippen LogP contribution in [0.2, 0.25) is 0 Å². The molecule has 1 aliphatic carbocycles. The number of hydrogen-bond donors (Lipinski definition) is 2. The number of sulfonamides is 1. The first-order valence-electron chi connectivity index (χ1n) is 9.09. The highest BCUT2D eigenvalue weighted by Crippen LogP contribution is 2.46. The van der Waals surface area contributed by atoms with Crippen LogP contribution in [-0.2, 0) is 26.9 Å². The fourth-order valence-electron chi connectivity index (χ4n) is 3.92. The summed E-state index contributed by atoms with van der Waals surface area (Å²) >= 11 is 3.40. The number of carboxylic acid groups (broad SMARTS) is 1. The van der Waals surface area contributed by atoms with Gasteiger partial charge in [-0.15, -0.1) is 0 Å². The van der Waals surface area contributed by atoms with Gasteiger partial charge in [0.2, 0.25) is 10.0 Å². The van der Waals surface area contributed by atoms with E-state index in [-0.39, 0.29) is 4.90 Å². The maximum Gasteiger partial charge on any atom is 0.318 e. The molecule has 0 saturated heterocycles. The van der Waals surface area contributed by atoms with Crippen molar-refractivity contribution in [1.29, 1.82) is 0 Å². The number of rotatable bonds is 7. The monoisotopic (exact) mass is 466 g/mol. The molecule has 8 heteroatoms. The first kappa shape index (κ1) is 21.0. The van der Waals surface area contributed by atoms with E-state index in [2.05, 4.69) is 15.9 Å². The van der Waals surface area contributed by atoms with Gasteiger partial charge in [0, 0.05) is 11.0 Å². The lowest BCUT2D eigenvalue weighted by atomic mass is 9.88. The molecule has 2 aromatic carbocycles. The van der Waals surface area contributed by atoms with Gasteiger partial charge >= 0.3 is 5.97 Å². The molecule has 1 aliphatic rings. The molecule has 0 aliphatic heterocycles. The zero-order valence-electron chi connectivity index (χ0n) is 15.3. The summed E-state index contributed by atoms with van der Waals surface area (Å²) in [5, 5.41) is 9.51. The topological polar surface area (TPSA) is 101 Å². The minimum atomic E-state index is -4.02. The zero-order chi connectivity index (χ0) is 20.4. The van der Waals surface area contributed by atoms with Gasteiger partial charge in [0.25, 0.3) is 0 Å². The third-order valence-corrected chi connectivity index (χ3v) is 7.77. The maximum atomic E-state index is 13.5. The van der Waals surface area contributed by atoms with Gasteiger partial charge in [0.1, 0.15) is 6.54 Å². The predicted molar refractivity (Wildman–Crippen MR) is 110 cm³/mol. The van der Waals surface area contributed by atoms with Crippen molar-refractivity contribution < 1.29 is 18.3 Å². The Balaban J connectivity index is 2.13. The summed E-state index contributed by atoms with van der Waals surface area (Å²) in [7, 11) is -4.02. The van der Waals surface area contributed by atoms with Crippen LogP contribution in [-0.4, -0.2) is 30.3 Å². The lowest BCUT2D eigenvalue weighted by Crippen LogP contribution is -2.50. The molecule has 3 rings (SSSR count). The lowest BCUT2D eigenvalue weighted by molar-refractivity contribution is -0.138. The van der Waals surface area contributed by atoms with E-state index in [1.807, 2.05) is 24.3 Å². The molecule has 0 bridgehead atoms.